The Hall–Kier alpha value is -0.610. The summed E-state index contributed by atoms with van der Waals surface area (Å²) in [5, 5.41) is 3.21. The highest BCUT2D eigenvalue weighted by atomic mass is 16.1. The number of likely N-dealkylation sites (tertiary alicyclic amines) is 1. The van der Waals surface area contributed by atoms with Crippen LogP contribution in [0, 0.1) is 5.92 Å². The fraction of sp³-hybridized carbons (Fsp3) is 0.923. The minimum Gasteiger partial charge on any atom is -0.368 e. The fourth-order valence-corrected chi connectivity index (χ4v) is 2.56. The molecule has 1 aliphatic heterocycles. The maximum Gasteiger partial charge on any atom is 0.237 e. The third-order valence-corrected chi connectivity index (χ3v) is 3.78. The van der Waals surface area contributed by atoms with Gasteiger partial charge in [-0.15, -0.1) is 0 Å². The van der Waals surface area contributed by atoms with Gasteiger partial charge in [0.15, 0.2) is 0 Å². The van der Waals surface area contributed by atoms with Gasteiger partial charge in [0.1, 0.15) is 0 Å². The van der Waals surface area contributed by atoms with Crippen LogP contribution in [0.5, 0.6) is 0 Å². The molecule has 0 aromatic carbocycles. The molecule has 0 aliphatic carbocycles. The molecule has 100 valence electrons. The lowest BCUT2D eigenvalue weighted by Gasteiger charge is -2.34. The van der Waals surface area contributed by atoms with E-state index in [0.29, 0.717) is 0 Å². The number of nitrogens with two attached hydrogens (primary N) is 1. The maximum atomic E-state index is 11.5. The predicted octanol–water partition coefficient (Wildman–Crippen LogP) is 0.962. The van der Waals surface area contributed by atoms with E-state index >= 15 is 0 Å². The minimum atomic E-state index is -0.560. The van der Waals surface area contributed by atoms with Crippen LogP contribution < -0.4 is 11.1 Å². The van der Waals surface area contributed by atoms with Gasteiger partial charge < -0.3 is 16.0 Å². The second-order valence-electron chi connectivity index (χ2n) is 5.52. The van der Waals surface area contributed by atoms with Crippen molar-refractivity contribution < 1.29 is 4.79 Å². The first-order valence-corrected chi connectivity index (χ1v) is 6.75. The molecule has 0 aromatic rings. The number of hydrogen-bond donors (Lipinski definition) is 2. The fourth-order valence-electron chi connectivity index (χ4n) is 2.56. The number of amides is 1. The molecule has 1 rings (SSSR count). The van der Waals surface area contributed by atoms with Crippen LogP contribution in [0.15, 0.2) is 0 Å². The largest absolute Gasteiger partial charge is 0.368 e. The first-order chi connectivity index (χ1) is 7.98. The average Bonchev–Trinajstić information content (AvgIpc) is 2.27. The van der Waals surface area contributed by atoms with Gasteiger partial charge >= 0.3 is 0 Å². The number of nitrogens with one attached hydrogen (secondary N) is 1. The van der Waals surface area contributed by atoms with E-state index in [0.717, 1.165) is 38.5 Å². The summed E-state index contributed by atoms with van der Waals surface area (Å²) >= 11 is 0. The summed E-state index contributed by atoms with van der Waals surface area (Å²) in [6.45, 7) is 10.2. The Bertz CT molecular complexity index is 257. The Morgan fingerprint density at radius 1 is 1.59 bits per heavy atom. The van der Waals surface area contributed by atoms with Gasteiger partial charge in [-0.1, -0.05) is 13.8 Å². The number of carbonyl (C=O) groups is 1. The van der Waals surface area contributed by atoms with E-state index in [2.05, 4.69) is 17.1 Å². The lowest BCUT2D eigenvalue weighted by molar-refractivity contribution is -0.124. The highest BCUT2D eigenvalue weighted by Crippen LogP contribution is 2.17. The van der Waals surface area contributed by atoms with E-state index in [9.17, 15) is 4.79 Å². The van der Waals surface area contributed by atoms with Crippen LogP contribution in [0.25, 0.3) is 0 Å². The van der Waals surface area contributed by atoms with Gasteiger partial charge in [-0.2, -0.15) is 0 Å². The van der Waals surface area contributed by atoms with Gasteiger partial charge in [-0.3, -0.25) is 4.79 Å². The number of carbonyl (C=O) groups excluding carboxylic acids is 1. The quantitative estimate of drug-likeness (QED) is 0.728. The Morgan fingerprint density at radius 3 is 2.82 bits per heavy atom. The topological polar surface area (TPSA) is 58.4 Å². The van der Waals surface area contributed by atoms with Gasteiger partial charge in [-0.05, 0) is 45.2 Å². The molecule has 1 amide bonds. The number of piperidine rings is 1. The van der Waals surface area contributed by atoms with Crippen molar-refractivity contribution in [2.75, 3.05) is 26.2 Å². The van der Waals surface area contributed by atoms with Crippen LogP contribution in [0.2, 0.25) is 0 Å². The maximum absolute atomic E-state index is 11.5. The summed E-state index contributed by atoms with van der Waals surface area (Å²) in [6.07, 6.45) is 3.40. The molecule has 0 radical (unpaired) electrons. The molecule has 17 heavy (non-hydrogen) atoms. The first-order valence-electron chi connectivity index (χ1n) is 6.75. The van der Waals surface area contributed by atoms with Gasteiger partial charge in [-0.25, -0.2) is 0 Å². The Labute approximate surface area is 105 Å². The normalized spacial score (nSPS) is 25.5. The molecule has 4 heteroatoms. The van der Waals surface area contributed by atoms with Gasteiger partial charge in [0.05, 0.1) is 5.54 Å². The minimum absolute atomic E-state index is 0.246. The molecule has 0 spiro atoms. The van der Waals surface area contributed by atoms with E-state index in [-0.39, 0.29) is 5.91 Å². The molecule has 1 saturated heterocycles. The number of primary amides is 1. The third kappa shape index (κ3) is 4.28. The van der Waals surface area contributed by atoms with Gasteiger partial charge in [0, 0.05) is 13.1 Å². The second-order valence-corrected chi connectivity index (χ2v) is 5.52. The standard InChI is InChI=1S/C13H27N3O/c1-4-15-13(3,12(14)17)7-9-16-8-5-6-11(2)10-16/h11,15H,4-10H2,1-3H3,(H2,14,17). The molecule has 1 fully saturated rings. The number of hydrogen-bond acceptors (Lipinski definition) is 3. The van der Waals surface area contributed by atoms with Crippen molar-refractivity contribution >= 4 is 5.91 Å². The highest BCUT2D eigenvalue weighted by molar-refractivity contribution is 5.84. The van der Waals surface area contributed by atoms with Crippen molar-refractivity contribution in [3.8, 4) is 0 Å². The highest BCUT2D eigenvalue weighted by Gasteiger charge is 2.30. The zero-order valence-corrected chi connectivity index (χ0v) is 11.5. The summed E-state index contributed by atoms with van der Waals surface area (Å²) in [6, 6.07) is 0. The van der Waals surface area contributed by atoms with E-state index in [4.69, 9.17) is 5.73 Å². The summed E-state index contributed by atoms with van der Waals surface area (Å²) in [5.74, 6) is 0.534. The molecule has 1 aliphatic rings. The molecule has 0 aromatic heterocycles. The Kier molecular flexibility index (Phi) is 5.40. The molecule has 2 atom stereocenters. The van der Waals surface area contributed by atoms with Crippen molar-refractivity contribution in [1.29, 1.82) is 0 Å². The zero-order valence-electron chi connectivity index (χ0n) is 11.5. The SMILES string of the molecule is CCNC(C)(CCN1CCCC(C)C1)C(N)=O. The van der Waals surface area contributed by atoms with Gasteiger partial charge in [0.2, 0.25) is 5.91 Å². The van der Waals surface area contributed by atoms with Crippen LogP contribution in [-0.2, 0) is 4.79 Å². The van der Waals surface area contributed by atoms with Crippen molar-refractivity contribution in [2.45, 2.75) is 45.6 Å². The van der Waals surface area contributed by atoms with Crippen molar-refractivity contribution in [1.82, 2.24) is 10.2 Å². The molecular weight excluding hydrogens is 214 g/mol. The van der Waals surface area contributed by atoms with E-state index < -0.39 is 5.54 Å². The van der Waals surface area contributed by atoms with Crippen LogP contribution in [0.3, 0.4) is 0 Å². The third-order valence-electron chi connectivity index (χ3n) is 3.78. The lowest BCUT2D eigenvalue weighted by atomic mass is 9.94. The summed E-state index contributed by atoms with van der Waals surface area (Å²) < 4.78 is 0. The van der Waals surface area contributed by atoms with Crippen LogP contribution >= 0.6 is 0 Å². The molecular formula is C13H27N3O. The Morgan fingerprint density at radius 2 is 2.29 bits per heavy atom. The molecule has 0 saturated carbocycles. The van der Waals surface area contributed by atoms with E-state index in [1.54, 1.807) is 0 Å². The summed E-state index contributed by atoms with van der Waals surface area (Å²) in [7, 11) is 0. The van der Waals surface area contributed by atoms with Crippen LogP contribution in [0.1, 0.15) is 40.0 Å². The zero-order chi connectivity index (χ0) is 12.9. The number of rotatable bonds is 6. The summed E-state index contributed by atoms with van der Waals surface area (Å²) in [5.41, 5.74) is 4.92. The van der Waals surface area contributed by atoms with Gasteiger partial charge in [0.25, 0.3) is 0 Å². The number of likely N-dealkylation sites (N-methyl/N-ethyl adjacent to an activating group) is 1. The average molecular weight is 241 g/mol. The molecule has 1 heterocycles. The van der Waals surface area contributed by atoms with E-state index in [1.807, 2.05) is 13.8 Å². The van der Waals surface area contributed by atoms with E-state index in [1.165, 1.54) is 12.8 Å². The van der Waals surface area contributed by atoms with Crippen LogP contribution in [0.4, 0.5) is 0 Å². The molecule has 4 nitrogen and oxygen atoms in total. The molecule has 0 bridgehead atoms. The molecule has 2 unspecified atom stereocenters. The van der Waals surface area contributed by atoms with Crippen LogP contribution in [-0.4, -0.2) is 42.5 Å². The summed E-state index contributed by atoms with van der Waals surface area (Å²) in [4.78, 5) is 13.9. The first kappa shape index (κ1) is 14.5. The van der Waals surface area contributed by atoms with Crippen molar-refractivity contribution in [2.24, 2.45) is 11.7 Å². The lowest BCUT2D eigenvalue weighted by Crippen LogP contribution is -2.54. The second kappa shape index (κ2) is 6.36. The predicted molar refractivity (Wildman–Crippen MR) is 70.7 cm³/mol. The van der Waals surface area contributed by atoms with Crippen molar-refractivity contribution in [3.05, 3.63) is 0 Å². The monoisotopic (exact) mass is 241 g/mol. The molecule has 3 N–H and O–H groups in total. The number of nitrogens with zero attached hydrogens (tertiary/aromatic N) is 1. The van der Waals surface area contributed by atoms with Crippen molar-refractivity contribution in [3.63, 3.8) is 0 Å². The smallest absolute Gasteiger partial charge is 0.237 e. The Balaban J connectivity index is 2.43.